The highest BCUT2D eigenvalue weighted by Gasteiger charge is 2.19. The lowest BCUT2D eigenvalue weighted by Crippen LogP contribution is -2.14. The fraction of sp³-hybridized carbons (Fsp3) is 0.107. The van der Waals surface area contributed by atoms with Gasteiger partial charge in [0, 0.05) is 11.3 Å². The van der Waals surface area contributed by atoms with E-state index < -0.39 is 0 Å². The van der Waals surface area contributed by atoms with Crippen molar-refractivity contribution in [3.05, 3.63) is 107 Å². The van der Waals surface area contributed by atoms with E-state index in [4.69, 9.17) is 0 Å². The van der Waals surface area contributed by atoms with E-state index in [0.717, 1.165) is 33.2 Å². The van der Waals surface area contributed by atoms with E-state index in [9.17, 15) is 4.79 Å². The maximum absolute atomic E-state index is 13.1. The number of amides is 1. The van der Waals surface area contributed by atoms with Crippen LogP contribution in [0, 0.1) is 20.8 Å². The van der Waals surface area contributed by atoms with Gasteiger partial charge in [0.25, 0.3) is 5.91 Å². The molecule has 0 saturated heterocycles. The Labute approximate surface area is 192 Å². The van der Waals surface area contributed by atoms with Gasteiger partial charge in [0.2, 0.25) is 5.82 Å². The first kappa shape index (κ1) is 20.6. The number of carbonyl (C=O) groups excluding carboxylic acids is 1. The van der Waals surface area contributed by atoms with Gasteiger partial charge in [0.05, 0.1) is 5.69 Å². The highest BCUT2D eigenvalue weighted by atomic mass is 16.2. The molecule has 0 aliphatic rings. The number of nitrogens with zero attached hydrogens (tertiary/aromatic N) is 3. The lowest BCUT2D eigenvalue weighted by molar-refractivity contribution is 0.101. The summed E-state index contributed by atoms with van der Waals surface area (Å²) in [6, 6.07) is 28.1. The van der Waals surface area contributed by atoms with Gasteiger partial charge in [-0.15, -0.1) is 5.10 Å². The van der Waals surface area contributed by atoms with Crippen molar-refractivity contribution in [1.82, 2.24) is 14.8 Å². The molecule has 1 amide bonds. The van der Waals surface area contributed by atoms with E-state index in [1.807, 2.05) is 79.7 Å². The third-order valence-electron chi connectivity index (χ3n) is 5.86. The van der Waals surface area contributed by atoms with Crippen LogP contribution in [0.1, 0.15) is 27.3 Å². The van der Waals surface area contributed by atoms with E-state index in [-0.39, 0.29) is 11.7 Å². The summed E-state index contributed by atoms with van der Waals surface area (Å²) >= 11 is 0. The molecule has 1 N–H and O–H groups in total. The van der Waals surface area contributed by atoms with E-state index in [1.54, 1.807) is 4.68 Å². The molecule has 0 aliphatic carbocycles. The predicted molar refractivity (Wildman–Crippen MR) is 133 cm³/mol. The molecule has 1 heterocycles. The molecule has 0 atom stereocenters. The topological polar surface area (TPSA) is 59.8 Å². The van der Waals surface area contributed by atoms with Gasteiger partial charge < -0.3 is 5.32 Å². The molecule has 5 nitrogen and oxygen atoms in total. The Morgan fingerprint density at radius 3 is 2.30 bits per heavy atom. The van der Waals surface area contributed by atoms with Gasteiger partial charge in [0.15, 0.2) is 5.82 Å². The quantitative estimate of drug-likeness (QED) is 0.364. The van der Waals surface area contributed by atoms with Gasteiger partial charge in [-0.25, -0.2) is 9.67 Å². The average Bonchev–Trinajstić information content (AvgIpc) is 3.27. The van der Waals surface area contributed by atoms with E-state index in [2.05, 4.69) is 41.4 Å². The Morgan fingerprint density at radius 1 is 0.788 bits per heavy atom. The van der Waals surface area contributed by atoms with Crippen molar-refractivity contribution >= 4 is 22.4 Å². The van der Waals surface area contributed by atoms with Crippen molar-refractivity contribution in [3.63, 3.8) is 0 Å². The number of benzene rings is 4. The van der Waals surface area contributed by atoms with Crippen molar-refractivity contribution < 1.29 is 4.79 Å². The van der Waals surface area contributed by atoms with Crippen LogP contribution in [0.3, 0.4) is 0 Å². The second kappa shape index (κ2) is 8.36. The van der Waals surface area contributed by atoms with Crippen LogP contribution in [0.4, 0.5) is 5.69 Å². The van der Waals surface area contributed by atoms with Crippen molar-refractivity contribution in [3.8, 4) is 17.1 Å². The number of rotatable bonds is 4. The largest absolute Gasteiger partial charge is 0.319 e. The van der Waals surface area contributed by atoms with Crippen molar-refractivity contribution in [2.24, 2.45) is 0 Å². The molecule has 0 radical (unpaired) electrons. The normalized spacial score (nSPS) is 11.0. The minimum Gasteiger partial charge on any atom is -0.319 e. The molecule has 5 aromatic rings. The summed E-state index contributed by atoms with van der Waals surface area (Å²) in [5, 5.41) is 9.73. The zero-order valence-electron chi connectivity index (χ0n) is 18.8. The standard InChI is InChI=1S/C28H24N4O/c1-18-8-11-22(12-9-18)27-30-26(31-32(27)25-15-10-19(2)20(3)16-25)28(33)29-24-14-13-21-6-4-5-7-23(21)17-24/h4-17H,1-3H3,(H,29,33). The number of fused-ring (bicyclic) bond motifs is 1. The molecule has 4 aromatic carbocycles. The van der Waals surface area contributed by atoms with Gasteiger partial charge in [-0.05, 0) is 66.9 Å². The molecule has 0 spiro atoms. The zero-order valence-corrected chi connectivity index (χ0v) is 18.8. The molecule has 0 saturated carbocycles. The van der Waals surface area contributed by atoms with Crippen LogP contribution in [-0.2, 0) is 0 Å². The van der Waals surface area contributed by atoms with Crippen molar-refractivity contribution in [1.29, 1.82) is 0 Å². The first-order valence-corrected chi connectivity index (χ1v) is 10.9. The highest BCUT2D eigenvalue weighted by molar-refractivity contribution is 6.03. The molecule has 0 fully saturated rings. The Kier molecular flexibility index (Phi) is 5.23. The summed E-state index contributed by atoms with van der Waals surface area (Å²) in [5.41, 5.74) is 5.98. The van der Waals surface area contributed by atoms with Gasteiger partial charge in [-0.2, -0.15) is 0 Å². The smallest absolute Gasteiger partial charge is 0.295 e. The first-order valence-electron chi connectivity index (χ1n) is 10.9. The van der Waals surface area contributed by atoms with Crippen LogP contribution in [0.15, 0.2) is 84.9 Å². The average molecular weight is 433 g/mol. The van der Waals surface area contributed by atoms with E-state index in [0.29, 0.717) is 11.5 Å². The number of aromatic nitrogens is 3. The van der Waals surface area contributed by atoms with Crippen molar-refractivity contribution in [2.45, 2.75) is 20.8 Å². The van der Waals surface area contributed by atoms with Crippen LogP contribution in [0.5, 0.6) is 0 Å². The molecular formula is C28H24N4O. The highest BCUT2D eigenvalue weighted by Crippen LogP contribution is 2.24. The summed E-state index contributed by atoms with van der Waals surface area (Å²) in [6.07, 6.45) is 0. The van der Waals surface area contributed by atoms with Crippen molar-refractivity contribution in [2.75, 3.05) is 5.32 Å². The zero-order chi connectivity index (χ0) is 22.9. The van der Waals surface area contributed by atoms with Gasteiger partial charge in [-0.1, -0.05) is 66.2 Å². The lowest BCUT2D eigenvalue weighted by atomic mass is 10.1. The summed E-state index contributed by atoms with van der Waals surface area (Å²) in [6.45, 7) is 6.18. The molecule has 33 heavy (non-hydrogen) atoms. The molecule has 0 unspecified atom stereocenters. The van der Waals surface area contributed by atoms with Crippen LogP contribution in [-0.4, -0.2) is 20.7 Å². The third-order valence-corrected chi connectivity index (χ3v) is 5.86. The Hall–Kier alpha value is -4.25. The number of carbonyl (C=O) groups is 1. The lowest BCUT2D eigenvalue weighted by Gasteiger charge is -2.08. The third kappa shape index (κ3) is 4.13. The van der Waals surface area contributed by atoms with Crippen LogP contribution in [0.2, 0.25) is 0 Å². The van der Waals surface area contributed by atoms with Crippen LogP contribution >= 0.6 is 0 Å². The van der Waals surface area contributed by atoms with Gasteiger partial charge in [0.1, 0.15) is 0 Å². The molecular weight excluding hydrogens is 408 g/mol. The maximum atomic E-state index is 13.1. The molecule has 1 aromatic heterocycles. The fourth-order valence-corrected chi connectivity index (χ4v) is 3.79. The maximum Gasteiger partial charge on any atom is 0.295 e. The fourth-order valence-electron chi connectivity index (χ4n) is 3.79. The molecule has 5 rings (SSSR count). The summed E-state index contributed by atoms with van der Waals surface area (Å²) in [7, 11) is 0. The summed E-state index contributed by atoms with van der Waals surface area (Å²) < 4.78 is 1.74. The minimum atomic E-state index is -0.346. The Bertz CT molecular complexity index is 1480. The van der Waals surface area contributed by atoms with Gasteiger partial charge >= 0.3 is 0 Å². The predicted octanol–water partition coefficient (Wildman–Crippen LogP) is 6.27. The number of anilines is 1. The number of aryl methyl sites for hydroxylation is 3. The molecule has 0 aliphatic heterocycles. The molecule has 5 heteroatoms. The number of hydrogen-bond acceptors (Lipinski definition) is 3. The second-order valence-electron chi connectivity index (χ2n) is 8.32. The molecule has 162 valence electrons. The van der Waals surface area contributed by atoms with Crippen LogP contribution in [0.25, 0.3) is 27.8 Å². The number of nitrogens with one attached hydrogen (secondary N) is 1. The summed E-state index contributed by atoms with van der Waals surface area (Å²) in [5.74, 6) is 0.403. The first-order chi connectivity index (χ1) is 16.0. The van der Waals surface area contributed by atoms with Crippen LogP contribution < -0.4 is 5.32 Å². The molecule has 0 bridgehead atoms. The summed E-state index contributed by atoms with van der Waals surface area (Å²) in [4.78, 5) is 17.7. The second-order valence-corrected chi connectivity index (χ2v) is 8.32. The Morgan fingerprint density at radius 2 is 1.55 bits per heavy atom. The monoisotopic (exact) mass is 432 g/mol. The minimum absolute atomic E-state index is 0.122. The Balaban J connectivity index is 1.54. The van der Waals surface area contributed by atoms with E-state index in [1.165, 1.54) is 5.56 Å². The van der Waals surface area contributed by atoms with Gasteiger partial charge in [-0.3, -0.25) is 4.79 Å². The number of hydrogen-bond donors (Lipinski definition) is 1. The SMILES string of the molecule is Cc1ccc(-c2nc(C(=O)Nc3ccc4ccccc4c3)nn2-c2ccc(C)c(C)c2)cc1. The van der Waals surface area contributed by atoms with E-state index >= 15 is 0 Å².